The highest BCUT2D eigenvalue weighted by molar-refractivity contribution is 7.99. The Balaban J connectivity index is 1.50. The van der Waals surface area contributed by atoms with Crippen LogP contribution in [0.4, 0.5) is 5.69 Å². The molecule has 0 radical (unpaired) electrons. The minimum Gasteiger partial charge on any atom is -0.319 e. The average Bonchev–Trinajstić information content (AvgIpc) is 3.33. The fourth-order valence-electron chi connectivity index (χ4n) is 3.38. The number of rotatable bonds is 7. The predicted octanol–water partition coefficient (Wildman–Crippen LogP) is 2.89. The van der Waals surface area contributed by atoms with Crippen molar-refractivity contribution in [3.63, 3.8) is 0 Å². The maximum atomic E-state index is 13.0. The molecule has 1 amide bonds. The maximum absolute atomic E-state index is 13.0. The van der Waals surface area contributed by atoms with Crippen molar-refractivity contribution in [3.8, 4) is 17.2 Å². The van der Waals surface area contributed by atoms with E-state index in [1.54, 1.807) is 24.9 Å². The predicted molar refractivity (Wildman–Crippen MR) is 124 cm³/mol. The number of benzene rings is 1. The zero-order chi connectivity index (χ0) is 22.7. The zero-order valence-electron chi connectivity index (χ0n) is 18.0. The van der Waals surface area contributed by atoms with E-state index in [2.05, 4.69) is 20.5 Å². The van der Waals surface area contributed by atoms with E-state index >= 15 is 0 Å². The van der Waals surface area contributed by atoms with Crippen molar-refractivity contribution in [2.45, 2.75) is 25.5 Å². The molecular formula is C22H23N7O2S. The Bertz CT molecular complexity index is 1290. The lowest BCUT2D eigenvalue weighted by Crippen LogP contribution is -2.23. The highest BCUT2D eigenvalue weighted by atomic mass is 32.2. The number of hydrogen-bond donors (Lipinski definition) is 1. The van der Waals surface area contributed by atoms with Crippen LogP contribution in [0.15, 0.2) is 64.7 Å². The largest absolute Gasteiger partial charge is 0.319 e. The molecule has 0 saturated carbocycles. The Hall–Kier alpha value is -3.66. The molecule has 0 aliphatic heterocycles. The SMILES string of the molecule is CCn1c(SCC(=O)Nc2c(C)n(C)n(-c3ccccc3)c2=O)nnc1-c1ccccn1. The van der Waals surface area contributed by atoms with Crippen molar-refractivity contribution in [3.05, 3.63) is 70.8 Å². The lowest BCUT2D eigenvalue weighted by Gasteiger charge is -2.07. The molecule has 0 aliphatic carbocycles. The van der Waals surface area contributed by atoms with Crippen LogP contribution in [-0.2, 0) is 18.4 Å². The molecule has 0 fully saturated rings. The van der Waals surface area contributed by atoms with Crippen molar-refractivity contribution in [2.75, 3.05) is 11.1 Å². The van der Waals surface area contributed by atoms with Crippen molar-refractivity contribution < 1.29 is 4.79 Å². The van der Waals surface area contributed by atoms with E-state index in [1.165, 1.54) is 16.4 Å². The smallest absolute Gasteiger partial charge is 0.295 e. The molecule has 1 aromatic carbocycles. The molecule has 4 rings (SSSR count). The van der Waals surface area contributed by atoms with Gasteiger partial charge in [-0.1, -0.05) is 36.0 Å². The molecule has 0 atom stereocenters. The number of aromatic nitrogens is 6. The van der Waals surface area contributed by atoms with Gasteiger partial charge in [-0.25, -0.2) is 4.68 Å². The van der Waals surface area contributed by atoms with Crippen LogP contribution in [0.5, 0.6) is 0 Å². The van der Waals surface area contributed by atoms with Crippen molar-refractivity contribution >= 4 is 23.4 Å². The second kappa shape index (κ2) is 9.23. The Labute approximate surface area is 189 Å². The third kappa shape index (κ3) is 4.09. The van der Waals surface area contributed by atoms with E-state index in [4.69, 9.17) is 0 Å². The van der Waals surface area contributed by atoms with Gasteiger partial charge in [0.05, 0.1) is 17.1 Å². The minimum absolute atomic E-state index is 0.0967. The third-order valence-electron chi connectivity index (χ3n) is 5.08. The van der Waals surface area contributed by atoms with Gasteiger partial charge in [0.25, 0.3) is 5.56 Å². The van der Waals surface area contributed by atoms with E-state index in [0.29, 0.717) is 23.2 Å². The van der Waals surface area contributed by atoms with Gasteiger partial charge in [0.1, 0.15) is 11.4 Å². The van der Waals surface area contributed by atoms with Gasteiger partial charge in [0.15, 0.2) is 11.0 Å². The molecule has 0 saturated heterocycles. The monoisotopic (exact) mass is 449 g/mol. The summed E-state index contributed by atoms with van der Waals surface area (Å²) in [6, 6.07) is 14.9. The van der Waals surface area contributed by atoms with E-state index in [-0.39, 0.29) is 22.9 Å². The summed E-state index contributed by atoms with van der Waals surface area (Å²) < 4.78 is 5.18. The van der Waals surface area contributed by atoms with Crippen LogP contribution in [-0.4, -0.2) is 40.8 Å². The van der Waals surface area contributed by atoms with Crippen LogP contribution >= 0.6 is 11.8 Å². The summed E-state index contributed by atoms with van der Waals surface area (Å²) in [5.74, 6) is 0.464. The fourth-order valence-corrected chi connectivity index (χ4v) is 4.19. The van der Waals surface area contributed by atoms with Gasteiger partial charge in [0, 0.05) is 19.8 Å². The number of carbonyl (C=O) groups is 1. The van der Waals surface area contributed by atoms with E-state index in [0.717, 1.165) is 11.4 Å². The zero-order valence-corrected chi connectivity index (χ0v) is 18.8. The van der Waals surface area contributed by atoms with Crippen LogP contribution in [0.1, 0.15) is 12.6 Å². The average molecular weight is 450 g/mol. The lowest BCUT2D eigenvalue weighted by molar-refractivity contribution is -0.113. The molecule has 1 N–H and O–H groups in total. The second-order valence-corrected chi connectivity index (χ2v) is 7.98. The van der Waals surface area contributed by atoms with E-state index in [1.807, 2.05) is 60.0 Å². The number of hydrogen-bond acceptors (Lipinski definition) is 6. The molecule has 10 heteroatoms. The van der Waals surface area contributed by atoms with Crippen LogP contribution in [0.2, 0.25) is 0 Å². The van der Waals surface area contributed by atoms with E-state index in [9.17, 15) is 9.59 Å². The lowest BCUT2D eigenvalue weighted by atomic mass is 10.3. The molecule has 32 heavy (non-hydrogen) atoms. The van der Waals surface area contributed by atoms with Gasteiger partial charge in [0.2, 0.25) is 5.91 Å². The fraction of sp³-hybridized carbons (Fsp3) is 0.227. The highest BCUT2D eigenvalue weighted by Crippen LogP contribution is 2.23. The summed E-state index contributed by atoms with van der Waals surface area (Å²) in [5, 5.41) is 11.9. The number of thioether (sulfide) groups is 1. The molecule has 0 unspecified atom stereocenters. The first-order valence-corrected chi connectivity index (χ1v) is 11.1. The Morgan fingerprint density at radius 3 is 2.53 bits per heavy atom. The first-order chi connectivity index (χ1) is 15.5. The summed E-state index contributed by atoms with van der Waals surface area (Å²) in [5.41, 5.74) is 2.12. The second-order valence-electron chi connectivity index (χ2n) is 7.04. The molecule has 9 nitrogen and oxygen atoms in total. The van der Waals surface area contributed by atoms with Gasteiger partial charge < -0.3 is 9.88 Å². The summed E-state index contributed by atoms with van der Waals surface area (Å²) >= 11 is 1.27. The molecule has 4 aromatic rings. The van der Waals surface area contributed by atoms with E-state index < -0.39 is 0 Å². The number of anilines is 1. The molecule has 164 valence electrons. The summed E-state index contributed by atoms with van der Waals surface area (Å²) in [6.45, 7) is 4.43. The van der Waals surface area contributed by atoms with Gasteiger partial charge in [-0.3, -0.25) is 19.3 Å². The van der Waals surface area contributed by atoms with Crippen LogP contribution in [0.3, 0.4) is 0 Å². The number of nitrogens with zero attached hydrogens (tertiary/aromatic N) is 6. The highest BCUT2D eigenvalue weighted by Gasteiger charge is 2.19. The van der Waals surface area contributed by atoms with Crippen LogP contribution < -0.4 is 10.9 Å². The van der Waals surface area contributed by atoms with Crippen molar-refractivity contribution in [1.29, 1.82) is 0 Å². The Kier molecular flexibility index (Phi) is 6.22. The minimum atomic E-state index is -0.286. The van der Waals surface area contributed by atoms with Crippen LogP contribution in [0.25, 0.3) is 17.2 Å². The normalized spacial score (nSPS) is 11.0. The van der Waals surface area contributed by atoms with Gasteiger partial charge >= 0.3 is 0 Å². The van der Waals surface area contributed by atoms with Gasteiger partial charge in [-0.05, 0) is 38.1 Å². The van der Waals surface area contributed by atoms with Gasteiger partial charge in [-0.15, -0.1) is 10.2 Å². The number of carbonyl (C=O) groups excluding carboxylic acids is 1. The Morgan fingerprint density at radius 2 is 1.84 bits per heavy atom. The molecular weight excluding hydrogens is 426 g/mol. The number of amides is 1. The summed E-state index contributed by atoms with van der Waals surface area (Å²) in [4.78, 5) is 30.0. The molecule has 0 spiro atoms. The molecule has 0 aliphatic rings. The molecule has 0 bridgehead atoms. The quantitative estimate of drug-likeness (QED) is 0.436. The maximum Gasteiger partial charge on any atom is 0.295 e. The Morgan fingerprint density at radius 1 is 1.09 bits per heavy atom. The topological polar surface area (TPSA) is 99.6 Å². The standard InChI is InChI=1S/C22H23N7O2S/c1-4-28-20(17-12-8-9-13-23-17)25-26-22(28)32-14-18(30)24-19-15(2)27(3)29(21(19)31)16-10-6-5-7-11-16/h5-13H,4,14H2,1-3H3,(H,24,30). The number of pyridine rings is 1. The van der Waals surface area contributed by atoms with Crippen molar-refractivity contribution in [1.82, 2.24) is 29.1 Å². The summed E-state index contributed by atoms with van der Waals surface area (Å²) in [7, 11) is 1.79. The van der Waals surface area contributed by atoms with Crippen molar-refractivity contribution in [2.24, 2.45) is 7.05 Å². The third-order valence-corrected chi connectivity index (χ3v) is 6.04. The first-order valence-electron chi connectivity index (χ1n) is 10.1. The summed E-state index contributed by atoms with van der Waals surface area (Å²) in [6.07, 6.45) is 1.70. The van der Waals surface area contributed by atoms with Gasteiger partial charge in [-0.2, -0.15) is 0 Å². The molecule has 3 aromatic heterocycles. The first kappa shape index (κ1) is 21.6. The molecule has 3 heterocycles. The van der Waals surface area contributed by atoms with Crippen LogP contribution in [0, 0.1) is 6.92 Å². The number of para-hydroxylation sites is 1. The number of nitrogens with one attached hydrogen (secondary N) is 1.